The Morgan fingerprint density at radius 1 is 1.31 bits per heavy atom. The first-order valence-electron chi connectivity index (χ1n) is 7.78. The lowest BCUT2D eigenvalue weighted by molar-refractivity contribution is -0.136. The Morgan fingerprint density at radius 3 is 2.65 bits per heavy atom. The van der Waals surface area contributed by atoms with Crippen molar-refractivity contribution in [2.45, 2.75) is 11.2 Å². The Labute approximate surface area is 154 Å². The zero-order valence-electron chi connectivity index (χ0n) is 14.5. The van der Waals surface area contributed by atoms with Crippen LogP contribution in [-0.4, -0.2) is 57.0 Å². The number of ether oxygens (including phenoxy) is 1. The number of amides is 2. The fourth-order valence-electron chi connectivity index (χ4n) is 2.65. The number of carbonyl (C=O) groups excluding carboxylic acids is 2. The largest absolute Gasteiger partial charge is 0.466 e. The molecule has 2 amide bonds. The van der Waals surface area contributed by atoms with Gasteiger partial charge >= 0.3 is 12.0 Å². The van der Waals surface area contributed by atoms with Crippen LogP contribution in [0.15, 0.2) is 46.8 Å². The van der Waals surface area contributed by atoms with Crippen LogP contribution >= 0.6 is 11.8 Å². The van der Waals surface area contributed by atoms with E-state index in [1.165, 1.54) is 28.5 Å². The molecule has 2 aromatic rings. The lowest BCUT2D eigenvalue weighted by Gasteiger charge is -2.34. The molecule has 0 spiro atoms. The third-order valence-corrected chi connectivity index (χ3v) is 5.06. The molecular formula is C16H18N6O3S. The Kier molecular flexibility index (Phi) is 5.21. The second-order valence-corrected chi connectivity index (χ2v) is 6.52. The summed E-state index contributed by atoms with van der Waals surface area (Å²) < 4.78 is 6.51. The minimum atomic E-state index is -0.583. The number of hydrogen-bond acceptors (Lipinski definition) is 7. The number of nitrogens with zero attached hydrogens (tertiary/aromatic N) is 5. The van der Waals surface area contributed by atoms with Gasteiger partial charge in [0, 0.05) is 25.5 Å². The average Bonchev–Trinajstić information content (AvgIpc) is 3.07. The van der Waals surface area contributed by atoms with Gasteiger partial charge in [-0.05, 0) is 16.0 Å². The number of tetrazole rings is 1. The van der Waals surface area contributed by atoms with Gasteiger partial charge in [-0.3, -0.25) is 4.90 Å². The molecule has 1 N–H and O–H groups in total. The second kappa shape index (κ2) is 7.56. The first-order valence-corrected chi connectivity index (χ1v) is 8.77. The summed E-state index contributed by atoms with van der Waals surface area (Å²) >= 11 is 1.33. The molecule has 0 radical (unpaired) electrons. The Morgan fingerprint density at radius 2 is 2.04 bits per heavy atom. The summed E-state index contributed by atoms with van der Waals surface area (Å²) in [5.74, 6) is -0.149. The molecule has 1 aromatic carbocycles. The predicted octanol–water partition coefficient (Wildman–Crippen LogP) is 1.13. The van der Waals surface area contributed by atoms with E-state index < -0.39 is 12.0 Å². The van der Waals surface area contributed by atoms with E-state index in [0.29, 0.717) is 22.2 Å². The number of esters is 1. The van der Waals surface area contributed by atoms with Gasteiger partial charge in [-0.15, -0.1) is 5.10 Å². The highest BCUT2D eigenvalue weighted by Crippen LogP contribution is 2.33. The van der Waals surface area contributed by atoms with Crippen molar-refractivity contribution in [1.82, 2.24) is 30.4 Å². The molecule has 0 saturated carbocycles. The maximum atomic E-state index is 12.5. The van der Waals surface area contributed by atoms with Gasteiger partial charge in [-0.1, -0.05) is 42.1 Å². The second-order valence-electron chi connectivity index (χ2n) is 5.58. The van der Waals surface area contributed by atoms with E-state index in [-0.39, 0.29) is 6.03 Å². The summed E-state index contributed by atoms with van der Waals surface area (Å²) in [4.78, 5) is 26.4. The van der Waals surface area contributed by atoms with Crippen LogP contribution in [-0.2, 0) is 16.6 Å². The van der Waals surface area contributed by atoms with Crippen molar-refractivity contribution < 1.29 is 14.3 Å². The van der Waals surface area contributed by atoms with Crippen LogP contribution in [0.4, 0.5) is 4.79 Å². The van der Waals surface area contributed by atoms with Crippen molar-refractivity contribution in [3.8, 4) is 0 Å². The highest BCUT2D eigenvalue weighted by atomic mass is 32.2. The molecule has 1 aliphatic rings. The van der Waals surface area contributed by atoms with Crippen molar-refractivity contribution in [2.75, 3.05) is 19.9 Å². The molecule has 0 bridgehead atoms. The third kappa shape index (κ3) is 3.40. The Bertz CT molecular complexity index is 851. The highest BCUT2D eigenvalue weighted by Gasteiger charge is 2.36. The monoisotopic (exact) mass is 374 g/mol. The number of aryl methyl sites for hydroxylation is 1. The number of methoxy groups -OCH3 is 1. The van der Waals surface area contributed by atoms with Gasteiger partial charge in [0.25, 0.3) is 0 Å². The first-order chi connectivity index (χ1) is 12.5. The molecule has 1 aliphatic heterocycles. The molecule has 1 aromatic heterocycles. The zero-order valence-corrected chi connectivity index (χ0v) is 15.4. The van der Waals surface area contributed by atoms with Crippen LogP contribution in [0.1, 0.15) is 11.6 Å². The molecule has 1 atom stereocenters. The summed E-state index contributed by atoms with van der Waals surface area (Å²) in [5, 5.41) is 14.7. The number of benzene rings is 1. The number of urea groups is 1. The van der Waals surface area contributed by atoms with Crippen molar-refractivity contribution in [2.24, 2.45) is 7.05 Å². The fraction of sp³-hybridized carbons (Fsp3) is 0.312. The average molecular weight is 374 g/mol. The lowest BCUT2D eigenvalue weighted by Crippen LogP contribution is -2.47. The van der Waals surface area contributed by atoms with Crippen LogP contribution in [0.5, 0.6) is 0 Å². The van der Waals surface area contributed by atoms with Gasteiger partial charge < -0.3 is 10.1 Å². The summed E-state index contributed by atoms with van der Waals surface area (Å²) in [6.07, 6.45) is 0. The number of nitrogens with one attached hydrogen (secondary N) is 1. The molecule has 0 unspecified atom stereocenters. The summed E-state index contributed by atoms with van der Waals surface area (Å²) in [6, 6.07) is 8.42. The molecule has 136 valence electrons. The van der Waals surface area contributed by atoms with Crippen LogP contribution in [0.2, 0.25) is 0 Å². The number of thioether (sulfide) groups is 1. The van der Waals surface area contributed by atoms with Gasteiger partial charge in [0.15, 0.2) is 0 Å². The quantitative estimate of drug-likeness (QED) is 0.618. The minimum Gasteiger partial charge on any atom is -0.466 e. The van der Waals surface area contributed by atoms with Crippen LogP contribution in [0.25, 0.3) is 0 Å². The van der Waals surface area contributed by atoms with Gasteiger partial charge in [0.2, 0.25) is 5.16 Å². The molecule has 0 saturated heterocycles. The standard InChI is InChI=1S/C16H18N6O3S/c1-21-11(9-26-16-18-19-20-22(16)2)12(14(23)25-3)13(17-15(21)24)10-7-5-4-6-8-10/h4-8,13H,9H2,1-3H3,(H,17,24)/t13-/m1/s1. The summed E-state index contributed by atoms with van der Waals surface area (Å²) in [7, 11) is 4.66. The molecule has 2 heterocycles. The number of hydrogen-bond donors (Lipinski definition) is 1. The van der Waals surface area contributed by atoms with Crippen molar-refractivity contribution in [1.29, 1.82) is 0 Å². The van der Waals surface area contributed by atoms with Gasteiger partial charge in [-0.2, -0.15) is 0 Å². The maximum Gasteiger partial charge on any atom is 0.338 e. The van der Waals surface area contributed by atoms with E-state index in [9.17, 15) is 9.59 Å². The molecule has 0 aliphatic carbocycles. The van der Waals surface area contributed by atoms with Crippen molar-refractivity contribution in [3.05, 3.63) is 47.2 Å². The molecule has 10 heteroatoms. The smallest absolute Gasteiger partial charge is 0.338 e. The van der Waals surface area contributed by atoms with E-state index in [1.54, 1.807) is 14.1 Å². The SMILES string of the molecule is COC(=O)C1=C(CSc2nnnn2C)N(C)C(=O)N[C@@H]1c1ccccc1. The first kappa shape index (κ1) is 17.9. The minimum absolute atomic E-state index is 0.293. The summed E-state index contributed by atoms with van der Waals surface area (Å²) in [5.41, 5.74) is 1.75. The van der Waals surface area contributed by atoms with Gasteiger partial charge in [-0.25, -0.2) is 14.3 Å². The molecule has 26 heavy (non-hydrogen) atoms. The van der Waals surface area contributed by atoms with E-state index in [2.05, 4.69) is 20.8 Å². The van der Waals surface area contributed by atoms with Gasteiger partial charge in [0.05, 0.1) is 18.7 Å². The molecule has 0 fully saturated rings. The number of carbonyl (C=O) groups is 2. The Hall–Kier alpha value is -2.88. The third-order valence-electron chi connectivity index (χ3n) is 4.03. The Balaban J connectivity index is 2.02. The highest BCUT2D eigenvalue weighted by molar-refractivity contribution is 7.99. The van der Waals surface area contributed by atoms with Gasteiger partial charge in [0.1, 0.15) is 0 Å². The lowest BCUT2D eigenvalue weighted by atomic mass is 9.95. The van der Waals surface area contributed by atoms with Crippen LogP contribution < -0.4 is 5.32 Å². The zero-order chi connectivity index (χ0) is 18.7. The number of aromatic nitrogens is 4. The maximum absolute atomic E-state index is 12.5. The van der Waals surface area contributed by atoms with E-state index in [4.69, 9.17) is 4.74 Å². The topological polar surface area (TPSA) is 102 Å². The van der Waals surface area contributed by atoms with Crippen molar-refractivity contribution in [3.63, 3.8) is 0 Å². The summed E-state index contributed by atoms with van der Waals surface area (Å²) in [6.45, 7) is 0. The normalized spacial score (nSPS) is 17.3. The van der Waals surface area contributed by atoms with E-state index in [1.807, 2.05) is 30.3 Å². The van der Waals surface area contributed by atoms with E-state index in [0.717, 1.165) is 5.56 Å². The van der Waals surface area contributed by atoms with E-state index >= 15 is 0 Å². The van der Waals surface area contributed by atoms with Crippen LogP contribution in [0, 0.1) is 0 Å². The van der Waals surface area contributed by atoms with Crippen LogP contribution in [0.3, 0.4) is 0 Å². The molecule has 9 nitrogen and oxygen atoms in total. The van der Waals surface area contributed by atoms with Crippen molar-refractivity contribution >= 4 is 23.8 Å². The fourth-order valence-corrected chi connectivity index (χ4v) is 3.59. The number of rotatable bonds is 5. The molecular weight excluding hydrogens is 356 g/mol. The molecule has 3 rings (SSSR count). The predicted molar refractivity (Wildman–Crippen MR) is 94.0 cm³/mol.